The second-order valence-electron chi connectivity index (χ2n) is 7.26. The normalized spacial score (nSPS) is 18.8. The van der Waals surface area contributed by atoms with Crippen LogP contribution in [0.1, 0.15) is 24.0 Å². The molecule has 1 saturated heterocycles. The van der Waals surface area contributed by atoms with Gasteiger partial charge in [0.05, 0.1) is 5.69 Å². The fraction of sp³-hybridized carbons (Fsp3) is 0.333. The molecule has 154 valence electrons. The molecule has 2 aliphatic rings. The van der Waals surface area contributed by atoms with Crippen LogP contribution in [-0.2, 0) is 0 Å². The van der Waals surface area contributed by atoms with Gasteiger partial charge in [-0.05, 0) is 68.1 Å². The predicted molar refractivity (Wildman–Crippen MR) is 119 cm³/mol. The number of nitrogens with zero attached hydrogens (tertiary/aromatic N) is 4. The molecule has 0 aromatic heterocycles. The zero-order chi connectivity index (χ0) is 19.7. The van der Waals surface area contributed by atoms with Crippen molar-refractivity contribution in [3.63, 3.8) is 0 Å². The van der Waals surface area contributed by atoms with E-state index in [1.807, 2.05) is 17.0 Å². The molecule has 2 aromatic carbocycles. The molecule has 0 saturated carbocycles. The van der Waals surface area contributed by atoms with Gasteiger partial charge in [-0.3, -0.25) is 4.90 Å². The highest BCUT2D eigenvalue weighted by atomic mass is 35.5. The van der Waals surface area contributed by atoms with E-state index in [2.05, 4.69) is 46.2 Å². The quantitative estimate of drug-likeness (QED) is 0.797. The lowest BCUT2D eigenvalue weighted by Gasteiger charge is -2.38. The van der Waals surface area contributed by atoms with Gasteiger partial charge < -0.3 is 16.0 Å². The molecule has 2 heterocycles. The molecule has 0 aliphatic carbocycles. The smallest absolute Gasteiger partial charge is 0.222 e. The van der Waals surface area contributed by atoms with Gasteiger partial charge in [-0.15, -0.1) is 12.4 Å². The van der Waals surface area contributed by atoms with Crippen molar-refractivity contribution in [3.8, 4) is 0 Å². The number of aryl methyl sites for hydroxylation is 2. The third kappa shape index (κ3) is 4.45. The van der Waals surface area contributed by atoms with E-state index in [4.69, 9.17) is 5.73 Å². The van der Waals surface area contributed by atoms with Crippen LogP contribution in [0, 0.1) is 19.7 Å². The van der Waals surface area contributed by atoms with Crippen LogP contribution >= 0.6 is 12.4 Å². The maximum Gasteiger partial charge on any atom is 0.222 e. The van der Waals surface area contributed by atoms with Gasteiger partial charge in [0.2, 0.25) is 18.2 Å². The lowest BCUT2D eigenvalue weighted by molar-refractivity contribution is 0.497. The summed E-state index contributed by atoms with van der Waals surface area (Å²) in [6.07, 6.45) is 1.68. The summed E-state index contributed by atoms with van der Waals surface area (Å²) in [6.45, 7) is 5.94. The van der Waals surface area contributed by atoms with Crippen LogP contribution in [0.2, 0.25) is 0 Å². The van der Waals surface area contributed by atoms with Gasteiger partial charge in [0.15, 0.2) is 0 Å². The van der Waals surface area contributed by atoms with Gasteiger partial charge in [0.1, 0.15) is 5.82 Å². The molecule has 0 spiro atoms. The number of guanidine groups is 2. The Morgan fingerprint density at radius 2 is 1.83 bits per heavy atom. The molecule has 0 radical (unpaired) electrons. The molecule has 0 bridgehead atoms. The standard InChI is InChI=1S/C21H25FN6.ClH/c1-14-8-9-17(12-15(14)2)24-20-25-19(23)26-21(27-10-3-4-11-27)28(20)18-7-5-6-16(22)13-18;/h5-9,12-13,20,24H,3-4,10-11H2,1-2H3,(H2,23,25);1H. The second kappa shape index (κ2) is 8.69. The minimum absolute atomic E-state index is 0. The van der Waals surface area contributed by atoms with Crippen molar-refractivity contribution in [2.24, 2.45) is 15.7 Å². The van der Waals surface area contributed by atoms with Crippen LogP contribution in [-0.4, -0.2) is 36.2 Å². The first-order chi connectivity index (χ1) is 13.5. The molecule has 2 aromatic rings. The monoisotopic (exact) mass is 416 g/mol. The number of hydrogen-bond donors (Lipinski definition) is 2. The number of nitrogens with one attached hydrogen (secondary N) is 1. The Morgan fingerprint density at radius 3 is 2.52 bits per heavy atom. The van der Waals surface area contributed by atoms with Crippen molar-refractivity contribution < 1.29 is 4.39 Å². The number of rotatable bonds is 3. The minimum atomic E-state index is -0.517. The zero-order valence-corrected chi connectivity index (χ0v) is 17.4. The minimum Gasteiger partial charge on any atom is -0.368 e. The van der Waals surface area contributed by atoms with Crippen molar-refractivity contribution in [1.29, 1.82) is 0 Å². The molecule has 1 fully saturated rings. The van der Waals surface area contributed by atoms with E-state index >= 15 is 0 Å². The number of anilines is 2. The van der Waals surface area contributed by atoms with Crippen LogP contribution in [0.4, 0.5) is 15.8 Å². The Labute approximate surface area is 176 Å². The molecular formula is C21H26ClFN6. The highest BCUT2D eigenvalue weighted by Gasteiger charge is 2.32. The number of aliphatic imine (C=N–C) groups is 2. The van der Waals surface area contributed by atoms with Crippen LogP contribution in [0.15, 0.2) is 52.4 Å². The average molecular weight is 417 g/mol. The van der Waals surface area contributed by atoms with Crippen molar-refractivity contribution in [3.05, 3.63) is 59.4 Å². The van der Waals surface area contributed by atoms with Crippen LogP contribution < -0.4 is 16.0 Å². The predicted octanol–water partition coefficient (Wildman–Crippen LogP) is 3.85. The van der Waals surface area contributed by atoms with E-state index < -0.39 is 6.29 Å². The summed E-state index contributed by atoms with van der Waals surface area (Å²) in [7, 11) is 0. The van der Waals surface area contributed by atoms with Crippen LogP contribution in [0.5, 0.6) is 0 Å². The number of benzene rings is 2. The SMILES string of the molecule is Cc1ccc(NC2N=C(N)N=C(N3CCCC3)N2c2cccc(F)c2)cc1C.Cl. The van der Waals surface area contributed by atoms with Gasteiger partial charge in [0.25, 0.3) is 0 Å². The van der Waals surface area contributed by atoms with Gasteiger partial charge >= 0.3 is 0 Å². The first kappa shape index (κ1) is 20.9. The lowest BCUT2D eigenvalue weighted by atomic mass is 10.1. The van der Waals surface area contributed by atoms with E-state index in [0.717, 1.165) is 31.6 Å². The van der Waals surface area contributed by atoms with Gasteiger partial charge in [-0.1, -0.05) is 12.1 Å². The topological polar surface area (TPSA) is 69.2 Å². The molecule has 8 heteroatoms. The maximum absolute atomic E-state index is 14.0. The Hall–Kier alpha value is -2.80. The van der Waals surface area contributed by atoms with E-state index in [0.29, 0.717) is 11.6 Å². The molecule has 4 rings (SSSR count). The lowest BCUT2D eigenvalue weighted by Crippen LogP contribution is -2.54. The maximum atomic E-state index is 14.0. The Balaban J connectivity index is 0.00000240. The van der Waals surface area contributed by atoms with Crippen molar-refractivity contribution in [1.82, 2.24) is 4.90 Å². The van der Waals surface area contributed by atoms with Gasteiger partial charge in [-0.2, -0.15) is 4.99 Å². The van der Waals surface area contributed by atoms with Crippen molar-refractivity contribution in [2.45, 2.75) is 33.0 Å². The van der Waals surface area contributed by atoms with Crippen molar-refractivity contribution in [2.75, 3.05) is 23.3 Å². The molecule has 6 nitrogen and oxygen atoms in total. The van der Waals surface area contributed by atoms with Crippen LogP contribution in [0.25, 0.3) is 0 Å². The van der Waals surface area contributed by atoms with E-state index in [9.17, 15) is 4.39 Å². The highest BCUT2D eigenvalue weighted by Crippen LogP contribution is 2.26. The summed E-state index contributed by atoms with van der Waals surface area (Å²) >= 11 is 0. The Morgan fingerprint density at radius 1 is 1.07 bits per heavy atom. The molecular weight excluding hydrogens is 391 g/mol. The Kier molecular flexibility index (Phi) is 6.27. The fourth-order valence-corrected chi connectivity index (χ4v) is 3.58. The first-order valence-electron chi connectivity index (χ1n) is 9.57. The summed E-state index contributed by atoms with van der Waals surface area (Å²) in [6, 6.07) is 12.6. The largest absolute Gasteiger partial charge is 0.368 e. The molecule has 29 heavy (non-hydrogen) atoms. The number of nitrogens with two attached hydrogens (primary N) is 1. The average Bonchev–Trinajstić information content (AvgIpc) is 3.19. The first-order valence-corrected chi connectivity index (χ1v) is 9.57. The third-order valence-electron chi connectivity index (χ3n) is 5.21. The second-order valence-corrected chi connectivity index (χ2v) is 7.26. The zero-order valence-electron chi connectivity index (χ0n) is 16.6. The highest BCUT2D eigenvalue weighted by molar-refractivity contribution is 6.06. The number of hydrogen-bond acceptors (Lipinski definition) is 6. The molecule has 1 unspecified atom stereocenters. The van der Waals surface area contributed by atoms with Crippen LogP contribution in [0.3, 0.4) is 0 Å². The third-order valence-corrected chi connectivity index (χ3v) is 5.21. The number of halogens is 2. The molecule has 3 N–H and O–H groups in total. The van der Waals surface area contributed by atoms with Gasteiger partial charge in [-0.25, -0.2) is 9.38 Å². The van der Waals surface area contributed by atoms with E-state index in [1.165, 1.54) is 23.3 Å². The molecule has 2 aliphatic heterocycles. The molecule has 0 amide bonds. The molecule has 1 atom stereocenters. The summed E-state index contributed by atoms with van der Waals surface area (Å²) < 4.78 is 14.0. The van der Waals surface area contributed by atoms with E-state index in [-0.39, 0.29) is 24.2 Å². The fourth-order valence-electron chi connectivity index (χ4n) is 3.58. The summed E-state index contributed by atoms with van der Waals surface area (Å²) in [4.78, 5) is 13.1. The van der Waals surface area contributed by atoms with Gasteiger partial charge in [0, 0.05) is 18.8 Å². The summed E-state index contributed by atoms with van der Waals surface area (Å²) in [5, 5.41) is 3.43. The number of likely N-dealkylation sites (tertiary alicyclic amines) is 1. The summed E-state index contributed by atoms with van der Waals surface area (Å²) in [5.74, 6) is 0.624. The Bertz CT molecular complexity index is 939. The summed E-state index contributed by atoms with van der Waals surface area (Å²) in [5.41, 5.74) is 10.1. The van der Waals surface area contributed by atoms with E-state index in [1.54, 1.807) is 6.07 Å². The van der Waals surface area contributed by atoms with Crippen molar-refractivity contribution >= 4 is 35.7 Å².